The van der Waals surface area contributed by atoms with Crippen LogP contribution in [0.2, 0.25) is 10.0 Å². The lowest BCUT2D eigenvalue weighted by Crippen LogP contribution is -2.04. The Balaban J connectivity index is 2.45. The SMILES string of the molecule is CCCc1nc(NCC)cc(-c2ccc(Cl)c(Cl)c2)n1. The van der Waals surface area contributed by atoms with E-state index < -0.39 is 0 Å². The summed E-state index contributed by atoms with van der Waals surface area (Å²) in [6.45, 7) is 4.98. The Morgan fingerprint density at radius 1 is 1.05 bits per heavy atom. The lowest BCUT2D eigenvalue weighted by molar-refractivity contribution is 0.836. The molecular formula is C15H17Cl2N3. The highest BCUT2D eigenvalue weighted by Crippen LogP contribution is 2.28. The molecule has 0 atom stereocenters. The number of nitrogens with one attached hydrogen (secondary N) is 1. The highest BCUT2D eigenvalue weighted by Gasteiger charge is 2.08. The van der Waals surface area contributed by atoms with Crippen LogP contribution in [-0.4, -0.2) is 16.5 Å². The van der Waals surface area contributed by atoms with Gasteiger partial charge in [0, 0.05) is 24.6 Å². The molecule has 1 aromatic carbocycles. The molecule has 5 heteroatoms. The van der Waals surface area contributed by atoms with Crippen LogP contribution in [0.1, 0.15) is 26.1 Å². The first-order chi connectivity index (χ1) is 9.63. The lowest BCUT2D eigenvalue weighted by atomic mass is 10.1. The molecule has 2 aromatic rings. The zero-order chi connectivity index (χ0) is 14.5. The highest BCUT2D eigenvalue weighted by molar-refractivity contribution is 6.42. The third kappa shape index (κ3) is 3.62. The molecule has 0 bridgehead atoms. The second-order valence-corrected chi connectivity index (χ2v) is 5.28. The molecule has 0 aliphatic rings. The molecule has 0 aliphatic carbocycles. The van der Waals surface area contributed by atoms with Crippen molar-refractivity contribution in [3.05, 3.63) is 40.1 Å². The van der Waals surface area contributed by atoms with Crippen molar-refractivity contribution in [1.82, 2.24) is 9.97 Å². The molecule has 1 heterocycles. The molecule has 0 saturated carbocycles. The van der Waals surface area contributed by atoms with E-state index in [4.69, 9.17) is 23.2 Å². The molecule has 0 saturated heterocycles. The fourth-order valence-electron chi connectivity index (χ4n) is 1.91. The second-order valence-electron chi connectivity index (χ2n) is 4.46. The van der Waals surface area contributed by atoms with Gasteiger partial charge < -0.3 is 5.32 Å². The second kappa shape index (κ2) is 6.91. The van der Waals surface area contributed by atoms with Crippen LogP contribution < -0.4 is 5.32 Å². The van der Waals surface area contributed by atoms with Gasteiger partial charge in [0.25, 0.3) is 0 Å². The molecule has 0 amide bonds. The van der Waals surface area contributed by atoms with Crippen LogP contribution >= 0.6 is 23.2 Å². The third-order valence-corrected chi connectivity index (χ3v) is 3.56. The highest BCUT2D eigenvalue weighted by atomic mass is 35.5. The van der Waals surface area contributed by atoms with E-state index in [1.807, 2.05) is 25.1 Å². The van der Waals surface area contributed by atoms with E-state index in [0.29, 0.717) is 10.0 Å². The zero-order valence-electron chi connectivity index (χ0n) is 11.6. The first-order valence-corrected chi connectivity index (χ1v) is 7.47. The molecule has 0 unspecified atom stereocenters. The van der Waals surface area contributed by atoms with Crippen LogP contribution in [0.3, 0.4) is 0 Å². The zero-order valence-corrected chi connectivity index (χ0v) is 13.1. The van der Waals surface area contributed by atoms with Gasteiger partial charge in [-0.1, -0.05) is 36.2 Å². The number of aromatic nitrogens is 2. The van der Waals surface area contributed by atoms with Crippen molar-refractivity contribution < 1.29 is 0 Å². The Hall–Kier alpha value is -1.32. The molecule has 20 heavy (non-hydrogen) atoms. The summed E-state index contributed by atoms with van der Waals surface area (Å²) in [6.07, 6.45) is 1.87. The number of anilines is 1. The molecule has 0 radical (unpaired) electrons. The van der Waals surface area contributed by atoms with Gasteiger partial charge in [-0.3, -0.25) is 0 Å². The van der Waals surface area contributed by atoms with Crippen molar-refractivity contribution in [3.63, 3.8) is 0 Å². The van der Waals surface area contributed by atoms with Crippen molar-refractivity contribution in [1.29, 1.82) is 0 Å². The van der Waals surface area contributed by atoms with E-state index in [-0.39, 0.29) is 0 Å². The van der Waals surface area contributed by atoms with E-state index in [0.717, 1.165) is 42.3 Å². The standard InChI is InChI=1S/C15H17Cl2N3/c1-3-5-14-19-13(9-15(20-14)18-4-2)10-6-7-11(16)12(17)8-10/h6-9H,3-5H2,1-2H3,(H,18,19,20). The first-order valence-electron chi connectivity index (χ1n) is 6.71. The smallest absolute Gasteiger partial charge is 0.131 e. The normalized spacial score (nSPS) is 10.6. The van der Waals surface area contributed by atoms with E-state index >= 15 is 0 Å². The van der Waals surface area contributed by atoms with E-state index in [9.17, 15) is 0 Å². The van der Waals surface area contributed by atoms with Crippen LogP contribution in [0.15, 0.2) is 24.3 Å². The first kappa shape index (κ1) is 15.1. The summed E-state index contributed by atoms with van der Waals surface area (Å²) in [6, 6.07) is 7.47. The van der Waals surface area contributed by atoms with Crippen LogP contribution in [-0.2, 0) is 6.42 Å². The molecule has 3 nitrogen and oxygen atoms in total. The summed E-state index contributed by atoms with van der Waals surface area (Å²) >= 11 is 12.0. The Morgan fingerprint density at radius 3 is 2.50 bits per heavy atom. The molecule has 1 aromatic heterocycles. The quantitative estimate of drug-likeness (QED) is 0.859. The van der Waals surface area contributed by atoms with Gasteiger partial charge in [-0.15, -0.1) is 0 Å². The maximum absolute atomic E-state index is 6.07. The van der Waals surface area contributed by atoms with Crippen LogP contribution in [0.5, 0.6) is 0 Å². The number of hydrogen-bond donors (Lipinski definition) is 1. The predicted molar refractivity (Wildman–Crippen MR) is 85.6 cm³/mol. The van der Waals surface area contributed by atoms with E-state index in [1.165, 1.54) is 0 Å². The molecule has 0 spiro atoms. The summed E-state index contributed by atoms with van der Waals surface area (Å²) in [4.78, 5) is 9.09. The summed E-state index contributed by atoms with van der Waals surface area (Å²) in [5.74, 6) is 1.68. The minimum atomic E-state index is 0.532. The van der Waals surface area contributed by atoms with Gasteiger partial charge in [-0.2, -0.15) is 0 Å². The van der Waals surface area contributed by atoms with Gasteiger partial charge in [0.05, 0.1) is 15.7 Å². The number of hydrogen-bond acceptors (Lipinski definition) is 3. The van der Waals surface area contributed by atoms with Gasteiger partial charge in [-0.05, 0) is 25.5 Å². The monoisotopic (exact) mass is 309 g/mol. The fraction of sp³-hybridized carbons (Fsp3) is 0.333. The number of halogens is 2. The van der Waals surface area contributed by atoms with Crippen molar-refractivity contribution >= 4 is 29.0 Å². The molecular weight excluding hydrogens is 293 g/mol. The number of aryl methyl sites for hydroxylation is 1. The van der Waals surface area contributed by atoms with Gasteiger partial charge in [0.1, 0.15) is 11.6 Å². The van der Waals surface area contributed by atoms with Crippen LogP contribution in [0.4, 0.5) is 5.82 Å². The Kier molecular flexibility index (Phi) is 5.21. The van der Waals surface area contributed by atoms with E-state index in [2.05, 4.69) is 22.2 Å². The summed E-state index contributed by atoms with van der Waals surface area (Å²) in [5.41, 5.74) is 1.80. The minimum Gasteiger partial charge on any atom is -0.370 e. The van der Waals surface area contributed by atoms with E-state index in [1.54, 1.807) is 6.07 Å². The lowest BCUT2D eigenvalue weighted by Gasteiger charge is -2.09. The average molecular weight is 310 g/mol. The fourth-order valence-corrected chi connectivity index (χ4v) is 2.21. The molecule has 1 N–H and O–H groups in total. The van der Waals surface area contributed by atoms with Crippen molar-refractivity contribution in [2.45, 2.75) is 26.7 Å². The van der Waals surface area contributed by atoms with Crippen LogP contribution in [0, 0.1) is 0 Å². The van der Waals surface area contributed by atoms with Gasteiger partial charge in [-0.25, -0.2) is 9.97 Å². The Labute approximate surface area is 129 Å². The van der Waals surface area contributed by atoms with Gasteiger partial charge >= 0.3 is 0 Å². The Morgan fingerprint density at radius 2 is 1.85 bits per heavy atom. The molecule has 2 rings (SSSR count). The Bertz CT molecular complexity index is 575. The van der Waals surface area contributed by atoms with Crippen molar-refractivity contribution in [2.24, 2.45) is 0 Å². The summed E-state index contributed by atoms with van der Waals surface area (Å²) in [5, 5.41) is 4.31. The summed E-state index contributed by atoms with van der Waals surface area (Å²) < 4.78 is 0. The van der Waals surface area contributed by atoms with Gasteiger partial charge in [0.2, 0.25) is 0 Å². The molecule has 106 valence electrons. The maximum Gasteiger partial charge on any atom is 0.131 e. The number of rotatable bonds is 5. The molecule has 0 fully saturated rings. The number of nitrogens with zero attached hydrogens (tertiary/aromatic N) is 2. The minimum absolute atomic E-state index is 0.532. The average Bonchev–Trinajstić information content (AvgIpc) is 2.42. The van der Waals surface area contributed by atoms with Crippen LogP contribution in [0.25, 0.3) is 11.3 Å². The molecule has 0 aliphatic heterocycles. The maximum atomic E-state index is 6.07. The largest absolute Gasteiger partial charge is 0.370 e. The topological polar surface area (TPSA) is 37.8 Å². The predicted octanol–water partition coefficient (Wildman–Crippen LogP) is 4.83. The van der Waals surface area contributed by atoms with Gasteiger partial charge in [0.15, 0.2) is 0 Å². The van der Waals surface area contributed by atoms with Crippen molar-refractivity contribution in [3.8, 4) is 11.3 Å². The van der Waals surface area contributed by atoms with Crippen molar-refractivity contribution in [2.75, 3.05) is 11.9 Å². The third-order valence-electron chi connectivity index (χ3n) is 2.82. The number of benzene rings is 1. The summed E-state index contributed by atoms with van der Waals surface area (Å²) in [7, 11) is 0.